The lowest BCUT2D eigenvalue weighted by Crippen LogP contribution is -2.29. The SMILES string of the molecule is Cl.Cl.N#CCC1Cc2c(nc3c(Br)cnn3c2N[C@H]2CC[C@H](N)C2)C12CCCC2. The smallest absolute Gasteiger partial charge is 0.171 e. The zero-order valence-corrected chi connectivity index (χ0v) is 19.5. The zero-order valence-electron chi connectivity index (χ0n) is 16.2. The second-order valence-electron chi connectivity index (χ2n) is 8.56. The third kappa shape index (κ3) is 3.52. The van der Waals surface area contributed by atoms with Crippen LogP contribution in [0.3, 0.4) is 0 Å². The van der Waals surface area contributed by atoms with Gasteiger partial charge in [-0.1, -0.05) is 12.8 Å². The average molecular weight is 502 g/mol. The minimum atomic E-state index is 0. The lowest BCUT2D eigenvalue weighted by molar-refractivity contribution is 0.298. The summed E-state index contributed by atoms with van der Waals surface area (Å²) in [5.41, 5.74) is 9.59. The maximum Gasteiger partial charge on any atom is 0.171 e. The number of hydrogen-bond donors (Lipinski definition) is 2. The topological polar surface area (TPSA) is 92.0 Å². The Balaban J connectivity index is 0.00000120. The summed E-state index contributed by atoms with van der Waals surface area (Å²) < 4.78 is 2.87. The van der Waals surface area contributed by atoms with Crippen molar-refractivity contribution in [2.75, 3.05) is 5.32 Å². The van der Waals surface area contributed by atoms with Crippen molar-refractivity contribution < 1.29 is 0 Å². The number of anilines is 1. The van der Waals surface area contributed by atoms with E-state index in [2.05, 4.69) is 32.4 Å². The van der Waals surface area contributed by atoms with Crippen LogP contribution in [0.25, 0.3) is 5.65 Å². The van der Waals surface area contributed by atoms with Crippen molar-refractivity contribution in [3.05, 3.63) is 21.9 Å². The summed E-state index contributed by atoms with van der Waals surface area (Å²) in [5, 5.41) is 17.8. The van der Waals surface area contributed by atoms with Crippen LogP contribution in [0.15, 0.2) is 10.7 Å². The molecule has 3 aliphatic rings. The standard InChI is InChI=1S/C20H25BrN6.2ClH/c21-16-11-24-27-18(25-14-4-3-13(23)10-14)15-9-12(5-8-22)20(6-1-2-7-20)17(15)26-19(16)27;;/h11-14,25H,1-7,9-10,23H2;2*1H/t12?,13-,14-;;/m0../s1. The highest BCUT2D eigenvalue weighted by atomic mass is 79.9. The second kappa shape index (κ2) is 8.58. The summed E-state index contributed by atoms with van der Waals surface area (Å²) in [6.07, 6.45) is 11.3. The van der Waals surface area contributed by atoms with Crippen molar-refractivity contribution in [2.24, 2.45) is 11.7 Å². The molecule has 2 aromatic rings. The molecule has 2 saturated carbocycles. The van der Waals surface area contributed by atoms with Crippen LogP contribution in [0, 0.1) is 17.2 Å². The Bertz CT molecular complexity index is 933. The number of nitrogens with two attached hydrogens (primary N) is 1. The van der Waals surface area contributed by atoms with Gasteiger partial charge >= 0.3 is 0 Å². The molecule has 2 heterocycles. The molecule has 2 fully saturated rings. The number of fused-ring (bicyclic) bond motifs is 3. The van der Waals surface area contributed by atoms with Gasteiger partial charge in [0.05, 0.1) is 22.4 Å². The van der Waals surface area contributed by atoms with E-state index in [0.717, 1.165) is 54.5 Å². The van der Waals surface area contributed by atoms with Crippen LogP contribution in [0.2, 0.25) is 0 Å². The van der Waals surface area contributed by atoms with Crippen LogP contribution in [-0.4, -0.2) is 26.7 Å². The van der Waals surface area contributed by atoms with Gasteiger partial charge in [0.1, 0.15) is 5.82 Å². The summed E-state index contributed by atoms with van der Waals surface area (Å²) in [6, 6.07) is 3.11. The van der Waals surface area contributed by atoms with E-state index in [1.807, 2.05) is 10.7 Å². The predicted octanol–water partition coefficient (Wildman–Crippen LogP) is 4.52. The third-order valence-corrected chi connectivity index (χ3v) is 7.61. The van der Waals surface area contributed by atoms with Crippen LogP contribution >= 0.6 is 40.7 Å². The predicted molar refractivity (Wildman–Crippen MR) is 122 cm³/mol. The monoisotopic (exact) mass is 500 g/mol. The molecular weight excluding hydrogens is 475 g/mol. The van der Waals surface area contributed by atoms with Crippen molar-refractivity contribution in [1.82, 2.24) is 14.6 Å². The first-order valence-electron chi connectivity index (χ1n) is 10.1. The van der Waals surface area contributed by atoms with Gasteiger partial charge in [0, 0.05) is 29.5 Å². The molecule has 1 spiro atoms. The fourth-order valence-electron chi connectivity index (χ4n) is 5.76. The minimum Gasteiger partial charge on any atom is -0.367 e. The molecule has 0 saturated heterocycles. The van der Waals surface area contributed by atoms with Crippen LogP contribution in [0.1, 0.15) is 62.6 Å². The molecule has 3 aliphatic carbocycles. The molecule has 6 nitrogen and oxygen atoms in total. The first kappa shape index (κ1) is 22.6. The summed E-state index contributed by atoms with van der Waals surface area (Å²) in [4.78, 5) is 5.11. The van der Waals surface area contributed by atoms with Gasteiger partial charge in [-0.15, -0.1) is 24.8 Å². The largest absolute Gasteiger partial charge is 0.367 e. The van der Waals surface area contributed by atoms with Crippen molar-refractivity contribution in [1.29, 1.82) is 5.26 Å². The van der Waals surface area contributed by atoms with E-state index in [4.69, 9.17) is 10.7 Å². The number of nitriles is 1. The summed E-state index contributed by atoms with van der Waals surface area (Å²) in [7, 11) is 0. The zero-order chi connectivity index (χ0) is 18.6. The Kier molecular flexibility index (Phi) is 6.69. The van der Waals surface area contributed by atoms with E-state index in [1.54, 1.807) is 0 Å². The van der Waals surface area contributed by atoms with Crippen molar-refractivity contribution >= 4 is 52.2 Å². The molecular formula is C20H27BrCl2N6. The van der Waals surface area contributed by atoms with Gasteiger partial charge in [-0.25, -0.2) is 4.98 Å². The highest BCUT2D eigenvalue weighted by Crippen LogP contribution is 2.55. The molecule has 158 valence electrons. The Labute approximate surface area is 192 Å². The number of aromatic nitrogens is 3. The average Bonchev–Trinajstić information content (AvgIpc) is 3.41. The lowest BCUT2D eigenvalue weighted by atomic mass is 9.74. The van der Waals surface area contributed by atoms with Crippen LogP contribution in [0.4, 0.5) is 5.82 Å². The Morgan fingerprint density at radius 1 is 1.31 bits per heavy atom. The Hall–Kier alpha value is -1.07. The molecule has 9 heteroatoms. The molecule has 3 atom stereocenters. The molecule has 1 unspecified atom stereocenters. The van der Waals surface area contributed by atoms with Crippen LogP contribution in [-0.2, 0) is 11.8 Å². The maximum absolute atomic E-state index is 9.45. The third-order valence-electron chi connectivity index (χ3n) is 7.05. The minimum absolute atomic E-state index is 0. The highest BCUT2D eigenvalue weighted by molar-refractivity contribution is 9.10. The van der Waals surface area contributed by atoms with Gasteiger partial charge in [0.2, 0.25) is 0 Å². The van der Waals surface area contributed by atoms with E-state index in [9.17, 15) is 5.26 Å². The molecule has 29 heavy (non-hydrogen) atoms. The first-order valence-corrected chi connectivity index (χ1v) is 10.9. The van der Waals surface area contributed by atoms with E-state index in [1.165, 1.54) is 24.1 Å². The Morgan fingerprint density at radius 3 is 2.72 bits per heavy atom. The van der Waals surface area contributed by atoms with Crippen molar-refractivity contribution in [2.45, 2.75) is 75.3 Å². The van der Waals surface area contributed by atoms with Gasteiger partial charge in [-0.3, -0.25) is 0 Å². The van der Waals surface area contributed by atoms with E-state index in [0.29, 0.717) is 18.4 Å². The van der Waals surface area contributed by atoms with Crippen LogP contribution in [0.5, 0.6) is 0 Å². The highest BCUT2D eigenvalue weighted by Gasteiger charge is 2.51. The lowest BCUT2D eigenvalue weighted by Gasteiger charge is -2.30. The second-order valence-corrected chi connectivity index (χ2v) is 9.41. The molecule has 0 bridgehead atoms. The number of hydrogen-bond acceptors (Lipinski definition) is 5. The molecule has 5 rings (SSSR count). The normalized spacial score (nSPS) is 26.7. The molecule has 0 radical (unpaired) electrons. The number of rotatable bonds is 3. The fourth-order valence-corrected chi connectivity index (χ4v) is 6.11. The van der Waals surface area contributed by atoms with Gasteiger partial charge < -0.3 is 11.1 Å². The van der Waals surface area contributed by atoms with Gasteiger partial charge in [0.25, 0.3) is 0 Å². The van der Waals surface area contributed by atoms with E-state index < -0.39 is 0 Å². The summed E-state index contributed by atoms with van der Waals surface area (Å²) in [6.45, 7) is 0. The maximum atomic E-state index is 9.45. The molecule has 2 aromatic heterocycles. The van der Waals surface area contributed by atoms with Gasteiger partial charge in [0.15, 0.2) is 5.65 Å². The quantitative estimate of drug-likeness (QED) is 0.644. The van der Waals surface area contributed by atoms with Crippen molar-refractivity contribution in [3.8, 4) is 6.07 Å². The Morgan fingerprint density at radius 2 is 2.07 bits per heavy atom. The van der Waals surface area contributed by atoms with Gasteiger partial charge in [-0.05, 0) is 60.4 Å². The molecule has 0 aromatic carbocycles. The van der Waals surface area contributed by atoms with E-state index in [-0.39, 0.29) is 36.3 Å². The first-order chi connectivity index (χ1) is 13.1. The molecule has 0 amide bonds. The van der Waals surface area contributed by atoms with Crippen molar-refractivity contribution in [3.63, 3.8) is 0 Å². The number of nitrogens with zero attached hydrogens (tertiary/aromatic N) is 4. The van der Waals surface area contributed by atoms with E-state index >= 15 is 0 Å². The summed E-state index contributed by atoms with van der Waals surface area (Å²) in [5.74, 6) is 1.44. The fraction of sp³-hybridized carbons (Fsp3) is 0.650. The van der Waals surface area contributed by atoms with Crippen LogP contribution < -0.4 is 11.1 Å². The molecule has 3 N–H and O–H groups in total. The summed E-state index contributed by atoms with van der Waals surface area (Å²) >= 11 is 3.63. The number of halogens is 3. The molecule has 0 aliphatic heterocycles. The number of nitrogens with one attached hydrogen (secondary N) is 1. The van der Waals surface area contributed by atoms with Gasteiger partial charge in [-0.2, -0.15) is 14.9 Å².